The molecular formula is C17H15Cl2N3OS. The van der Waals surface area contributed by atoms with Gasteiger partial charge in [0.15, 0.2) is 5.15 Å². The molecule has 3 rings (SSSR count). The number of imidazole rings is 1. The molecular weight excluding hydrogens is 365 g/mol. The fraction of sp³-hybridized carbons (Fsp3) is 0.176. The number of hydrogen-bond acceptors (Lipinski definition) is 3. The summed E-state index contributed by atoms with van der Waals surface area (Å²) in [5.41, 5.74) is 2.21. The van der Waals surface area contributed by atoms with Crippen molar-refractivity contribution in [3.63, 3.8) is 0 Å². The molecule has 0 aliphatic carbocycles. The normalized spacial score (nSPS) is 12.1. The molecule has 1 atom stereocenters. The van der Waals surface area contributed by atoms with E-state index in [0.717, 1.165) is 10.4 Å². The van der Waals surface area contributed by atoms with Gasteiger partial charge in [0.05, 0.1) is 12.4 Å². The van der Waals surface area contributed by atoms with Crippen molar-refractivity contribution >= 4 is 40.4 Å². The molecule has 0 spiro atoms. The summed E-state index contributed by atoms with van der Waals surface area (Å²) in [4.78, 5) is 17.4. The molecule has 1 amide bonds. The molecule has 0 fully saturated rings. The summed E-state index contributed by atoms with van der Waals surface area (Å²) in [5.74, 6) is -0.162. The Morgan fingerprint density at radius 2 is 2.04 bits per heavy atom. The van der Waals surface area contributed by atoms with Crippen molar-refractivity contribution in [2.75, 3.05) is 0 Å². The van der Waals surface area contributed by atoms with Gasteiger partial charge < -0.3 is 9.88 Å². The molecule has 3 aromatic rings. The van der Waals surface area contributed by atoms with E-state index in [9.17, 15) is 4.79 Å². The Kier molecular flexibility index (Phi) is 5.23. The summed E-state index contributed by atoms with van der Waals surface area (Å²) in [5, 5.41) is 5.51. The second-order valence-corrected chi connectivity index (χ2v) is 7.08. The number of aryl methyl sites for hydroxylation is 1. The van der Waals surface area contributed by atoms with E-state index >= 15 is 0 Å². The van der Waals surface area contributed by atoms with E-state index in [1.165, 1.54) is 16.5 Å². The van der Waals surface area contributed by atoms with Crippen molar-refractivity contribution in [3.05, 3.63) is 74.4 Å². The molecule has 124 valence electrons. The fourth-order valence-electron chi connectivity index (χ4n) is 2.35. The van der Waals surface area contributed by atoms with E-state index in [0.29, 0.717) is 0 Å². The van der Waals surface area contributed by atoms with Crippen LogP contribution in [0, 0.1) is 6.92 Å². The Hall–Kier alpha value is -1.82. The van der Waals surface area contributed by atoms with Crippen LogP contribution in [-0.4, -0.2) is 15.5 Å². The lowest BCUT2D eigenvalue weighted by atomic mass is 10.0. The van der Waals surface area contributed by atoms with Crippen LogP contribution in [-0.2, 0) is 11.3 Å². The summed E-state index contributed by atoms with van der Waals surface area (Å²) in [7, 11) is 0. The number of benzene rings is 1. The van der Waals surface area contributed by atoms with Gasteiger partial charge in [-0.05, 0) is 23.9 Å². The first-order chi connectivity index (χ1) is 11.5. The summed E-state index contributed by atoms with van der Waals surface area (Å²) in [6.45, 7) is 2.10. The highest BCUT2D eigenvalue weighted by atomic mass is 35.5. The van der Waals surface area contributed by atoms with Crippen LogP contribution >= 0.6 is 34.5 Å². The van der Waals surface area contributed by atoms with E-state index in [-0.39, 0.29) is 28.8 Å². The number of rotatable bonds is 5. The van der Waals surface area contributed by atoms with Gasteiger partial charge in [-0.3, -0.25) is 4.79 Å². The SMILES string of the molecule is Cc1ccc(C(NC(=O)Cn2cnc(Cl)c2Cl)c2cccs2)cc1. The van der Waals surface area contributed by atoms with Crippen molar-refractivity contribution in [3.8, 4) is 0 Å². The van der Waals surface area contributed by atoms with Crippen molar-refractivity contribution in [1.82, 2.24) is 14.9 Å². The van der Waals surface area contributed by atoms with E-state index in [1.54, 1.807) is 11.3 Å². The second-order valence-electron chi connectivity index (χ2n) is 5.38. The van der Waals surface area contributed by atoms with E-state index in [2.05, 4.69) is 10.3 Å². The maximum Gasteiger partial charge on any atom is 0.240 e. The maximum atomic E-state index is 12.5. The van der Waals surface area contributed by atoms with Gasteiger partial charge >= 0.3 is 0 Å². The van der Waals surface area contributed by atoms with Gasteiger partial charge in [-0.15, -0.1) is 11.3 Å². The number of thiophene rings is 1. The van der Waals surface area contributed by atoms with Crippen LogP contribution in [0.4, 0.5) is 0 Å². The van der Waals surface area contributed by atoms with E-state index < -0.39 is 0 Å². The van der Waals surface area contributed by atoms with Crippen molar-refractivity contribution in [1.29, 1.82) is 0 Å². The Morgan fingerprint density at radius 3 is 2.62 bits per heavy atom. The molecule has 0 aliphatic rings. The molecule has 24 heavy (non-hydrogen) atoms. The summed E-state index contributed by atoms with van der Waals surface area (Å²) in [6.07, 6.45) is 1.45. The third-order valence-electron chi connectivity index (χ3n) is 3.59. The van der Waals surface area contributed by atoms with Gasteiger partial charge in [-0.1, -0.05) is 59.1 Å². The second kappa shape index (κ2) is 7.38. The largest absolute Gasteiger partial charge is 0.343 e. The number of aromatic nitrogens is 2. The summed E-state index contributed by atoms with van der Waals surface area (Å²) >= 11 is 13.4. The van der Waals surface area contributed by atoms with Crippen LogP contribution in [0.1, 0.15) is 22.0 Å². The smallest absolute Gasteiger partial charge is 0.240 e. The molecule has 0 saturated heterocycles. The molecule has 1 unspecified atom stereocenters. The first-order valence-corrected chi connectivity index (χ1v) is 8.93. The molecule has 1 aromatic carbocycles. The highest BCUT2D eigenvalue weighted by Crippen LogP contribution is 2.26. The topological polar surface area (TPSA) is 46.9 Å². The average molecular weight is 380 g/mol. The summed E-state index contributed by atoms with van der Waals surface area (Å²) < 4.78 is 1.51. The molecule has 4 nitrogen and oxygen atoms in total. The molecule has 7 heteroatoms. The first-order valence-electron chi connectivity index (χ1n) is 7.30. The fourth-order valence-corrected chi connectivity index (χ4v) is 3.45. The van der Waals surface area contributed by atoms with Gasteiger partial charge in [0, 0.05) is 4.88 Å². The van der Waals surface area contributed by atoms with Crippen LogP contribution < -0.4 is 5.32 Å². The van der Waals surface area contributed by atoms with Gasteiger partial charge in [-0.25, -0.2) is 4.98 Å². The molecule has 2 aromatic heterocycles. The van der Waals surface area contributed by atoms with Crippen LogP contribution in [0.2, 0.25) is 10.3 Å². The minimum Gasteiger partial charge on any atom is -0.343 e. The highest BCUT2D eigenvalue weighted by molar-refractivity contribution is 7.10. The number of nitrogens with one attached hydrogen (secondary N) is 1. The predicted molar refractivity (Wildman–Crippen MR) is 97.7 cm³/mol. The minimum atomic E-state index is -0.198. The van der Waals surface area contributed by atoms with Crippen molar-refractivity contribution in [2.45, 2.75) is 19.5 Å². The zero-order valence-corrected chi connectivity index (χ0v) is 15.2. The average Bonchev–Trinajstić information content (AvgIpc) is 3.20. The first kappa shape index (κ1) is 17.0. The standard InChI is InChI=1S/C17H15Cl2N3OS/c1-11-4-6-12(7-5-11)15(13-3-2-8-24-13)21-14(23)9-22-10-20-16(18)17(22)19/h2-8,10,15H,9H2,1H3,(H,21,23). The summed E-state index contributed by atoms with van der Waals surface area (Å²) in [6, 6.07) is 11.9. The van der Waals surface area contributed by atoms with Crippen LogP contribution in [0.5, 0.6) is 0 Å². The van der Waals surface area contributed by atoms with Crippen LogP contribution in [0.3, 0.4) is 0 Å². The van der Waals surface area contributed by atoms with E-state index in [4.69, 9.17) is 23.2 Å². The van der Waals surface area contributed by atoms with Crippen molar-refractivity contribution < 1.29 is 4.79 Å². The number of hydrogen-bond donors (Lipinski definition) is 1. The molecule has 0 bridgehead atoms. The zero-order valence-electron chi connectivity index (χ0n) is 12.9. The molecule has 0 radical (unpaired) electrons. The molecule has 1 N–H and O–H groups in total. The zero-order chi connectivity index (χ0) is 17.1. The predicted octanol–water partition coefficient (Wildman–Crippen LogP) is 4.47. The lowest BCUT2D eigenvalue weighted by Crippen LogP contribution is -2.31. The Bertz CT molecular complexity index is 828. The number of carbonyl (C=O) groups excluding carboxylic acids is 1. The van der Waals surface area contributed by atoms with Crippen molar-refractivity contribution in [2.24, 2.45) is 0 Å². The lowest BCUT2D eigenvalue weighted by Gasteiger charge is -2.18. The van der Waals surface area contributed by atoms with Crippen LogP contribution in [0.15, 0.2) is 48.1 Å². The number of nitrogens with zero attached hydrogens (tertiary/aromatic N) is 2. The van der Waals surface area contributed by atoms with Gasteiger partial charge in [-0.2, -0.15) is 0 Å². The lowest BCUT2D eigenvalue weighted by molar-refractivity contribution is -0.122. The highest BCUT2D eigenvalue weighted by Gasteiger charge is 2.19. The van der Waals surface area contributed by atoms with Crippen LogP contribution in [0.25, 0.3) is 0 Å². The van der Waals surface area contributed by atoms with Gasteiger partial charge in [0.25, 0.3) is 0 Å². The monoisotopic (exact) mass is 379 g/mol. The number of halogens is 2. The number of amides is 1. The third-order valence-corrected chi connectivity index (χ3v) is 5.30. The Morgan fingerprint density at radius 1 is 1.29 bits per heavy atom. The van der Waals surface area contributed by atoms with Gasteiger partial charge in [0.2, 0.25) is 5.91 Å². The maximum absolute atomic E-state index is 12.5. The Labute approximate surface area is 154 Å². The quantitative estimate of drug-likeness (QED) is 0.710. The minimum absolute atomic E-state index is 0.0618. The van der Waals surface area contributed by atoms with Gasteiger partial charge in [0.1, 0.15) is 11.7 Å². The molecule has 0 aliphatic heterocycles. The molecule has 2 heterocycles. The third kappa shape index (κ3) is 3.80. The van der Waals surface area contributed by atoms with E-state index in [1.807, 2.05) is 48.7 Å². The molecule has 0 saturated carbocycles. The number of carbonyl (C=O) groups is 1. The Balaban J connectivity index is 1.80.